The Morgan fingerprint density at radius 1 is 1.15 bits per heavy atom. The molecular formula is C20H27N3O4. The second kappa shape index (κ2) is 9.75. The Kier molecular flexibility index (Phi) is 7.40. The van der Waals surface area contributed by atoms with Crippen LogP contribution in [0.1, 0.15) is 38.7 Å². The summed E-state index contributed by atoms with van der Waals surface area (Å²) < 4.78 is 0. The Labute approximate surface area is 158 Å². The minimum atomic E-state index is -0.974. The molecule has 0 aliphatic carbocycles. The first-order valence-electron chi connectivity index (χ1n) is 9.20. The minimum Gasteiger partial charge on any atom is -0.481 e. The van der Waals surface area contributed by atoms with Crippen molar-refractivity contribution in [1.82, 2.24) is 15.6 Å². The number of hydrogen-bond acceptors (Lipinski definition) is 3. The van der Waals surface area contributed by atoms with Crippen LogP contribution in [-0.4, -0.2) is 40.5 Å². The highest BCUT2D eigenvalue weighted by Crippen LogP contribution is 2.19. The molecule has 1 atom stereocenters. The number of aromatic nitrogens is 1. The van der Waals surface area contributed by atoms with Crippen molar-refractivity contribution in [2.45, 2.75) is 45.6 Å². The second-order valence-electron chi connectivity index (χ2n) is 7.04. The molecule has 0 radical (unpaired) electrons. The van der Waals surface area contributed by atoms with Crippen LogP contribution in [0.4, 0.5) is 0 Å². The van der Waals surface area contributed by atoms with Crippen LogP contribution in [-0.2, 0) is 20.8 Å². The number of hydrogen-bond donors (Lipinski definition) is 4. The van der Waals surface area contributed by atoms with Gasteiger partial charge in [0.25, 0.3) is 0 Å². The predicted octanol–water partition coefficient (Wildman–Crippen LogP) is 2.22. The van der Waals surface area contributed by atoms with Gasteiger partial charge in [0.05, 0.1) is 6.42 Å². The number of amides is 2. The molecule has 0 aliphatic heterocycles. The van der Waals surface area contributed by atoms with Crippen molar-refractivity contribution in [2.24, 2.45) is 5.92 Å². The molecule has 146 valence electrons. The molecule has 7 nitrogen and oxygen atoms in total. The number of carboxylic acids is 1. The van der Waals surface area contributed by atoms with Crippen LogP contribution in [0.15, 0.2) is 30.5 Å². The molecule has 27 heavy (non-hydrogen) atoms. The van der Waals surface area contributed by atoms with E-state index in [-0.39, 0.29) is 37.1 Å². The van der Waals surface area contributed by atoms with Crippen LogP contribution in [0.3, 0.4) is 0 Å². The minimum absolute atomic E-state index is 0.0496. The number of para-hydroxylation sites is 1. The number of benzene rings is 1. The maximum atomic E-state index is 12.4. The molecule has 0 saturated heterocycles. The standard InChI is InChI=1S/C20H27N3O4/c1-13(2)11-17(20(27)21-10-9-19(25)26)23-18(24)8-7-14-12-22-16-6-4-3-5-15(14)16/h3-6,12-13,17,22H,7-11H2,1-2H3,(H,21,27)(H,23,24)(H,25,26)/t17-/m0/s1. The third-order valence-corrected chi connectivity index (χ3v) is 4.29. The van der Waals surface area contributed by atoms with Gasteiger partial charge in [-0.15, -0.1) is 0 Å². The van der Waals surface area contributed by atoms with Gasteiger partial charge in [-0.3, -0.25) is 14.4 Å². The summed E-state index contributed by atoms with van der Waals surface area (Å²) in [5.74, 6) is -1.29. The maximum absolute atomic E-state index is 12.4. The molecule has 4 N–H and O–H groups in total. The van der Waals surface area contributed by atoms with Crippen LogP contribution in [0.5, 0.6) is 0 Å². The first-order chi connectivity index (χ1) is 12.9. The number of H-pyrrole nitrogens is 1. The van der Waals surface area contributed by atoms with Crippen LogP contribution in [0.25, 0.3) is 10.9 Å². The smallest absolute Gasteiger partial charge is 0.305 e. The van der Waals surface area contributed by atoms with E-state index in [9.17, 15) is 14.4 Å². The van der Waals surface area contributed by atoms with Gasteiger partial charge in [-0.2, -0.15) is 0 Å². The third-order valence-electron chi connectivity index (χ3n) is 4.29. The maximum Gasteiger partial charge on any atom is 0.305 e. The highest BCUT2D eigenvalue weighted by atomic mass is 16.4. The summed E-state index contributed by atoms with van der Waals surface area (Å²) in [7, 11) is 0. The van der Waals surface area contributed by atoms with Gasteiger partial charge >= 0.3 is 5.97 Å². The SMILES string of the molecule is CC(C)C[C@H](NC(=O)CCc1c[nH]c2ccccc12)C(=O)NCCC(=O)O. The zero-order chi connectivity index (χ0) is 19.8. The van der Waals surface area contributed by atoms with E-state index in [0.29, 0.717) is 12.8 Å². The van der Waals surface area contributed by atoms with Gasteiger partial charge in [0.1, 0.15) is 6.04 Å². The molecule has 0 bridgehead atoms. The Morgan fingerprint density at radius 2 is 1.89 bits per heavy atom. The number of aryl methyl sites for hydroxylation is 1. The summed E-state index contributed by atoms with van der Waals surface area (Å²) in [6.07, 6.45) is 3.11. The van der Waals surface area contributed by atoms with Gasteiger partial charge in [0.15, 0.2) is 0 Å². The number of rotatable bonds is 10. The van der Waals surface area contributed by atoms with Crippen LogP contribution >= 0.6 is 0 Å². The fraction of sp³-hybridized carbons (Fsp3) is 0.450. The van der Waals surface area contributed by atoms with Crippen LogP contribution in [0.2, 0.25) is 0 Å². The molecule has 0 unspecified atom stereocenters. The monoisotopic (exact) mass is 373 g/mol. The fourth-order valence-electron chi connectivity index (χ4n) is 2.97. The Hall–Kier alpha value is -2.83. The van der Waals surface area contributed by atoms with Crippen molar-refractivity contribution in [3.8, 4) is 0 Å². The first-order valence-corrected chi connectivity index (χ1v) is 9.20. The summed E-state index contributed by atoms with van der Waals surface area (Å²) >= 11 is 0. The lowest BCUT2D eigenvalue weighted by atomic mass is 10.0. The number of carboxylic acid groups (broad SMARTS) is 1. The number of aromatic amines is 1. The van der Waals surface area contributed by atoms with Gasteiger partial charge < -0.3 is 20.7 Å². The van der Waals surface area contributed by atoms with Crippen LogP contribution < -0.4 is 10.6 Å². The topological polar surface area (TPSA) is 111 Å². The zero-order valence-electron chi connectivity index (χ0n) is 15.7. The Balaban J connectivity index is 1.90. The molecule has 1 aromatic heterocycles. The number of aliphatic carboxylic acids is 1. The quantitative estimate of drug-likeness (QED) is 0.512. The molecule has 2 amide bonds. The van der Waals surface area contributed by atoms with E-state index in [1.165, 1.54) is 0 Å². The lowest BCUT2D eigenvalue weighted by molar-refractivity contribution is -0.137. The molecule has 1 heterocycles. The van der Waals surface area contributed by atoms with E-state index in [1.807, 2.05) is 44.3 Å². The predicted molar refractivity (Wildman–Crippen MR) is 103 cm³/mol. The number of carbonyl (C=O) groups excluding carboxylic acids is 2. The molecule has 1 aromatic carbocycles. The molecule has 0 aliphatic rings. The summed E-state index contributed by atoms with van der Waals surface area (Å²) in [5.41, 5.74) is 2.09. The normalized spacial score (nSPS) is 12.1. The van der Waals surface area contributed by atoms with Crippen molar-refractivity contribution in [2.75, 3.05) is 6.54 Å². The van der Waals surface area contributed by atoms with Crippen LogP contribution in [0, 0.1) is 5.92 Å². The zero-order valence-corrected chi connectivity index (χ0v) is 15.7. The van der Waals surface area contributed by atoms with E-state index >= 15 is 0 Å². The molecule has 2 rings (SSSR count). The summed E-state index contributed by atoms with van der Waals surface area (Å²) in [6, 6.07) is 7.25. The molecule has 0 saturated carbocycles. The van der Waals surface area contributed by atoms with E-state index in [1.54, 1.807) is 0 Å². The molecular weight excluding hydrogens is 346 g/mol. The third kappa shape index (κ3) is 6.44. The van der Waals surface area contributed by atoms with Crippen molar-refractivity contribution in [1.29, 1.82) is 0 Å². The number of carbonyl (C=O) groups is 3. The van der Waals surface area contributed by atoms with Crippen molar-refractivity contribution in [3.63, 3.8) is 0 Å². The van der Waals surface area contributed by atoms with E-state index in [2.05, 4.69) is 15.6 Å². The average Bonchev–Trinajstić information content (AvgIpc) is 3.02. The number of nitrogens with one attached hydrogen (secondary N) is 3. The van der Waals surface area contributed by atoms with Crippen molar-refractivity contribution in [3.05, 3.63) is 36.0 Å². The average molecular weight is 373 g/mol. The largest absolute Gasteiger partial charge is 0.481 e. The highest BCUT2D eigenvalue weighted by Gasteiger charge is 2.21. The van der Waals surface area contributed by atoms with E-state index in [0.717, 1.165) is 16.5 Å². The number of fused-ring (bicyclic) bond motifs is 1. The Bertz CT molecular complexity index is 797. The summed E-state index contributed by atoms with van der Waals surface area (Å²) in [5, 5.41) is 15.1. The van der Waals surface area contributed by atoms with Gasteiger partial charge in [-0.25, -0.2) is 0 Å². The van der Waals surface area contributed by atoms with Gasteiger partial charge in [0, 0.05) is 30.1 Å². The van der Waals surface area contributed by atoms with Crippen molar-refractivity contribution >= 4 is 28.7 Å². The summed E-state index contributed by atoms with van der Waals surface area (Å²) in [6.45, 7) is 3.99. The van der Waals surface area contributed by atoms with Crippen molar-refractivity contribution < 1.29 is 19.5 Å². The lowest BCUT2D eigenvalue weighted by Crippen LogP contribution is -2.47. The van der Waals surface area contributed by atoms with E-state index < -0.39 is 12.0 Å². The molecule has 0 spiro atoms. The fourth-order valence-corrected chi connectivity index (χ4v) is 2.97. The first kappa shape index (κ1) is 20.5. The molecule has 0 fully saturated rings. The van der Waals surface area contributed by atoms with E-state index in [4.69, 9.17) is 5.11 Å². The molecule has 2 aromatic rings. The second-order valence-corrected chi connectivity index (χ2v) is 7.04. The Morgan fingerprint density at radius 3 is 2.59 bits per heavy atom. The summed E-state index contributed by atoms with van der Waals surface area (Å²) in [4.78, 5) is 38.4. The highest BCUT2D eigenvalue weighted by molar-refractivity contribution is 5.88. The van der Waals surface area contributed by atoms with Gasteiger partial charge in [-0.05, 0) is 30.4 Å². The lowest BCUT2D eigenvalue weighted by Gasteiger charge is -2.20. The molecule has 7 heteroatoms. The van der Waals surface area contributed by atoms with Gasteiger partial charge in [0.2, 0.25) is 11.8 Å². The van der Waals surface area contributed by atoms with Gasteiger partial charge in [-0.1, -0.05) is 32.0 Å².